The van der Waals surface area contributed by atoms with Crippen molar-refractivity contribution in [3.8, 4) is 5.75 Å². The van der Waals surface area contributed by atoms with Gasteiger partial charge in [0.25, 0.3) is 0 Å². The van der Waals surface area contributed by atoms with Crippen LogP contribution in [0.2, 0.25) is 0 Å². The molecule has 0 aliphatic rings. The predicted octanol–water partition coefficient (Wildman–Crippen LogP) is 3.55. The second-order valence-electron chi connectivity index (χ2n) is 4.35. The van der Waals surface area contributed by atoms with Crippen LogP contribution in [0.4, 0.5) is 0 Å². The number of nitrogens with one attached hydrogen (secondary N) is 1. The monoisotopic (exact) mass is 241 g/mol. The molecule has 0 aromatic heterocycles. The summed E-state index contributed by atoms with van der Waals surface area (Å²) >= 11 is 0. The first kappa shape index (κ1) is 12.7. The summed E-state index contributed by atoms with van der Waals surface area (Å²) in [6.07, 6.45) is 0. The van der Waals surface area contributed by atoms with Crippen LogP contribution in [0.3, 0.4) is 0 Å². The molecular weight excluding hydrogens is 222 g/mol. The minimum Gasteiger partial charge on any atom is -0.489 e. The Bertz CT molecular complexity index is 464. The molecule has 1 N–H and O–H groups in total. The highest BCUT2D eigenvalue weighted by Gasteiger charge is 2.02. The van der Waals surface area contributed by atoms with Gasteiger partial charge >= 0.3 is 0 Å². The number of ether oxygens (including phenoxy) is 1. The quantitative estimate of drug-likeness (QED) is 0.864. The Kier molecular flexibility index (Phi) is 4.37. The van der Waals surface area contributed by atoms with Crippen LogP contribution >= 0.6 is 0 Å². The Morgan fingerprint density at radius 3 is 2.28 bits per heavy atom. The summed E-state index contributed by atoms with van der Waals surface area (Å²) in [4.78, 5) is 0. The van der Waals surface area contributed by atoms with E-state index >= 15 is 0 Å². The normalized spacial score (nSPS) is 12.1. The minimum absolute atomic E-state index is 0.369. The Morgan fingerprint density at radius 2 is 1.67 bits per heavy atom. The van der Waals surface area contributed by atoms with Gasteiger partial charge in [-0.05, 0) is 37.2 Å². The maximum Gasteiger partial charge on any atom is 0.119 e. The highest BCUT2D eigenvalue weighted by atomic mass is 16.5. The third kappa shape index (κ3) is 3.34. The molecule has 2 heteroatoms. The summed E-state index contributed by atoms with van der Waals surface area (Å²) in [5.41, 5.74) is 2.45. The number of rotatable bonds is 5. The van der Waals surface area contributed by atoms with Crippen LogP contribution in [0.5, 0.6) is 5.75 Å². The van der Waals surface area contributed by atoms with Gasteiger partial charge in [0.1, 0.15) is 12.4 Å². The van der Waals surface area contributed by atoms with Gasteiger partial charge < -0.3 is 10.1 Å². The third-order valence-corrected chi connectivity index (χ3v) is 3.06. The van der Waals surface area contributed by atoms with Crippen LogP contribution in [0.25, 0.3) is 0 Å². The maximum absolute atomic E-state index is 5.74. The molecule has 0 heterocycles. The van der Waals surface area contributed by atoms with Gasteiger partial charge in [0.05, 0.1) is 0 Å². The molecule has 2 nitrogen and oxygen atoms in total. The summed E-state index contributed by atoms with van der Waals surface area (Å²) in [5, 5.41) is 3.22. The summed E-state index contributed by atoms with van der Waals surface area (Å²) in [6, 6.07) is 18.8. The molecule has 2 aromatic rings. The molecule has 0 radical (unpaired) electrons. The molecule has 0 amide bonds. The van der Waals surface area contributed by atoms with Crippen molar-refractivity contribution in [1.82, 2.24) is 5.32 Å². The van der Waals surface area contributed by atoms with Gasteiger partial charge in [0.15, 0.2) is 0 Å². The number of hydrogen-bond donors (Lipinski definition) is 1. The lowest BCUT2D eigenvalue weighted by atomic mass is 10.1. The second-order valence-corrected chi connectivity index (χ2v) is 4.35. The lowest BCUT2D eigenvalue weighted by Crippen LogP contribution is -2.11. The van der Waals surface area contributed by atoms with Gasteiger partial charge in [-0.2, -0.15) is 0 Å². The average molecular weight is 241 g/mol. The molecule has 0 saturated carbocycles. The van der Waals surface area contributed by atoms with Gasteiger partial charge in [-0.15, -0.1) is 0 Å². The van der Waals surface area contributed by atoms with Crippen molar-refractivity contribution in [2.45, 2.75) is 19.6 Å². The van der Waals surface area contributed by atoms with Gasteiger partial charge in [-0.25, -0.2) is 0 Å². The second kappa shape index (κ2) is 6.22. The molecule has 1 atom stereocenters. The lowest BCUT2D eigenvalue weighted by Gasteiger charge is -2.11. The fourth-order valence-electron chi connectivity index (χ4n) is 1.76. The Labute approximate surface area is 109 Å². The Balaban J connectivity index is 1.94. The van der Waals surface area contributed by atoms with Gasteiger partial charge in [-0.3, -0.25) is 0 Å². The third-order valence-electron chi connectivity index (χ3n) is 3.06. The first-order valence-corrected chi connectivity index (χ1v) is 6.23. The summed E-state index contributed by atoms with van der Waals surface area (Å²) in [6.45, 7) is 2.75. The zero-order valence-corrected chi connectivity index (χ0v) is 10.9. The minimum atomic E-state index is 0.369. The molecule has 18 heavy (non-hydrogen) atoms. The van der Waals surface area contributed by atoms with E-state index in [2.05, 4.69) is 36.5 Å². The number of hydrogen-bond acceptors (Lipinski definition) is 2. The van der Waals surface area contributed by atoms with Crippen molar-refractivity contribution in [3.05, 3.63) is 65.7 Å². The summed E-state index contributed by atoms with van der Waals surface area (Å²) in [7, 11) is 1.96. The zero-order chi connectivity index (χ0) is 12.8. The highest BCUT2D eigenvalue weighted by molar-refractivity contribution is 5.29. The van der Waals surface area contributed by atoms with E-state index in [4.69, 9.17) is 4.74 Å². The Hall–Kier alpha value is -1.80. The summed E-state index contributed by atoms with van der Waals surface area (Å²) in [5.74, 6) is 0.908. The molecule has 2 rings (SSSR count). The fourth-order valence-corrected chi connectivity index (χ4v) is 1.76. The molecule has 0 aliphatic carbocycles. The zero-order valence-electron chi connectivity index (χ0n) is 10.9. The van der Waals surface area contributed by atoms with E-state index in [1.807, 2.05) is 37.4 Å². The van der Waals surface area contributed by atoms with Crippen molar-refractivity contribution in [2.24, 2.45) is 0 Å². The van der Waals surface area contributed by atoms with Crippen LogP contribution in [-0.2, 0) is 6.61 Å². The van der Waals surface area contributed by atoms with E-state index in [1.54, 1.807) is 0 Å². The topological polar surface area (TPSA) is 21.3 Å². The molecule has 94 valence electrons. The highest BCUT2D eigenvalue weighted by Crippen LogP contribution is 2.18. The molecular formula is C16H19NO. The van der Waals surface area contributed by atoms with E-state index in [0.29, 0.717) is 12.6 Å². The van der Waals surface area contributed by atoms with Crippen molar-refractivity contribution in [1.29, 1.82) is 0 Å². The number of benzene rings is 2. The van der Waals surface area contributed by atoms with E-state index in [9.17, 15) is 0 Å². The van der Waals surface area contributed by atoms with Gasteiger partial charge in [0, 0.05) is 6.04 Å². The van der Waals surface area contributed by atoms with Crippen molar-refractivity contribution in [2.75, 3.05) is 7.05 Å². The lowest BCUT2D eigenvalue weighted by molar-refractivity contribution is 0.306. The molecule has 0 saturated heterocycles. The standard InChI is InChI=1S/C16H19NO/c1-13(17-2)15-8-10-16(11-9-15)18-12-14-6-4-3-5-7-14/h3-11,13,17H,12H2,1-2H3. The molecule has 0 bridgehead atoms. The molecule has 0 fully saturated rings. The van der Waals surface area contributed by atoms with Crippen LogP contribution in [0.15, 0.2) is 54.6 Å². The van der Waals surface area contributed by atoms with Crippen LogP contribution < -0.4 is 10.1 Å². The smallest absolute Gasteiger partial charge is 0.119 e. The molecule has 2 aromatic carbocycles. The van der Waals surface area contributed by atoms with Crippen LogP contribution in [-0.4, -0.2) is 7.05 Å². The largest absolute Gasteiger partial charge is 0.489 e. The van der Waals surface area contributed by atoms with Crippen molar-refractivity contribution in [3.63, 3.8) is 0 Å². The fraction of sp³-hybridized carbons (Fsp3) is 0.250. The Morgan fingerprint density at radius 1 is 1.00 bits per heavy atom. The van der Waals surface area contributed by atoms with Gasteiger partial charge in [0.2, 0.25) is 0 Å². The molecule has 0 aliphatic heterocycles. The van der Waals surface area contributed by atoms with Gasteiger partial charge in [-0.1, -0.05) is 42.5 Å². The van der Waals surface area contributed by atoms with Crippen LogP contribution in [0.1, 0.15) is 24.1 Å². The van der Waals surface area contributed by atoms with E-state index in [-0.39, 0.29) is 0 Å². The molecule has 0 spiro atoms. The summed E-state index contributed by atoms with van der Waals surface area (Å²) < 4.78 is 5.74. The van der Waals surface area contributed by atoms with E-state index < -0.39 is 0 Å². The predicted molar refractivity (Wildman–Crippen MR) is 74.7 cm³/mol. The first-order valence-electron chi connectivity index (χ1n) is 6.23. The van der Waals surface area contributed by atoms with Crippen LogP contribution in [0, 0.1) is 0 Å². The van der Waals surface area contributed by atoms with E-state index in [0.717, 1.165) is 5.75 Å². The SMILES string of the molecule is CNC(C)c1ccc(OCc2ccccc2)cc1. The first-order chi connectivity index (χ1) is 8.79. The van der Waals surface area contributed by atoms with Crippen molar-refractivity contribution >= 4 is 0 Å². The van der Waals surface area contributed by atoms with Crippen molar-refractivity contribution < 1.29 is 4.74 Å². The molecule has 1 unspecified atom stereocenters. The average Bonchev–Trinajstić information content (AvgIpc) is 2.46. The van der Waals surface area contributed by atoms with E-state index in [1.165, 1.54) is 11.1 Å². The maximum atomic E-state index is 5.74.